The smallest absolute Gasteiger partial charge is 0.228 e. The van der Waals surface area contributed by atoms with Gasteiger partial charge in [0.1, 0.15) is 0 Å². The van der Waals surface area contributed by atoms with Crippen molar-refractivity contribution in [2.75, 3.05) is 11.9 Å². The van der Waals surface area contributed by atoms with Gasteiger partial charge in [0.05, 0.1) is 25.5 Å². The van der Waals surface area contributed by atoms with E-state index in [0.717, 1.165) is 27.9 Å². The van der Waals surface area contributed by atoms with Gasteiger partial charge in [-0.3, -0.25) is 9.59 Å². The highest BCUT2D eigenvalue weighted by Crippen LogP contribution is 2.24. The lowest BCUT2D eigenvalue weighted by Gasteiger charge is -2.18. The zero-order valence-electron chi connectivity index (χ0n) is 14.2. The van der Waals surface area contributed by atoms with Crippen molar-refractivity contribution in [1.82, 2.24) is 5.32 Å². The first-order valence-corrected chi connectivity index (χ1v) is 8.41. The van der Waals surface area contributed by atoms with E-state index in [1.165, 1.54) is 0 Å². The SMILES string of the molecule is Cc1ccccc1CC(CO)NC(=O)Cc1ccc2c(c1)NC(=O)C2. The van der Waals surface area contributed by atoms with Crippen molar-refractivity contribution in [3.05, 3.63) is 64.7 Å². The maximum atomic E-state index is 12.3. The number of benzene rings is 2. The van der Waals surface area contributed by atoms with Crippen molar-refractivity contribution >= 4 is 17.5 Å². The van der Waals surface area contributed by atoms with E-state index in [1.54, 1.807) is 0 Å². The number of hydrogen-bond acceptors (Lipinski definition) is 3. The fourth-order valence-corrected chi connectivity index (χ4v) is 3.10. The Morgan fingerprint density at radius 2 is 2.08 bits per heavy atom. The van der Waals surface area contributed by atoms with Gasteiger partial charge in [-0.25, -0.2) is 0 Å². The fourth-order valence-electron chi connectivity index (χ4n) is 3.10. The molecule has 2 amide bonds. The molecular formula is C20H22N2O3. The molecule has 2 aromatic carbocycles. The zero-order chi connectivity index (χ0) is 17.8. The molecule has 0 aromatic heterocycles. The Hall–Kier alpha value is -2.66. The predicted octanol–water partition coefficient (Wildman–Crippen LogP) is 1.75. The van der Waals surface area contributed by atoms with Gasteiger partial charge in [-0.1, -0.05) is 36.4 Å². The van der Waals surface area contributed by atoms with Crippen LogP contribution in [0, 0.1) is 6.92 Å². The monoisotopic (exact) mass is 338 g/mol. The lowest BCUT2D eigenvalue weighted by Crippen LogP contribution is -2.40. The molecule has 1 aliphatic rings. The van der Waals surface area contributed by atoms with E-state index in [4.69, 9.17) is 0 Å². The van der Waals surface area contributed by atoms with Gasteiger partial charge in [-0.2, -0.15) is 0 Å². The molecule has 1 heterocycles. The predicted molar refractivity (Wildman–Crippen MR) is 96.4 cm³/mol. The Morgan fingerprint density at radius 1 is 1.28 bits per heavy atom. The van der Waals surface area contributed by atoms with Crippen LogP contribution in [0.2, 0.25) is 0 Å². The van der Waals surface area contributed by atoms with Crippen LogP contribution in [0.1, 0.15) is 22.3 Å². The van der Waals surface area contributed by atoms with Gasteiger partial charge in [0.25, 0.3) is 0 Å². The maximum absolute atomic E-state index is 12.3. The third-order valence-electron chi connectivity index (χ3n) is 4.48. The molecule has 25 heavy (non-hydrogen) atoms. The van der Waals surface area contributed by atoms with Crippen LogP contribution < -0.4 is 10.6 Å². The summed E-state index contributed by atoms with van der Waals surface area (Å²) in [6, 6.07) is 13.2. The zero-order valence-corrected chi connectivity index (χ0v) is 14.2. The van der Waals surface area contributed by atoms with Crippen molar-refractivity contribution < 1.29 is 14.7 Å². The highest BCUT2D eigenvalue weighted by Gasteiger charge is 2.19. The summed E-state index contributed by atoms with van der Waals surface area (Å²) < 4.78 is 0. The molecular weight excluding hydrogens is 316 g/mol. The summed E-state index contributed by atoms with van der Waals surface area (Å²) in [6.07, 6.45) is 1.20. The third kappa shape index (κ3) is 4.25. The van der Waals surface area contributed by atoms with Crippen LogP contribution >= 0.6 is 0 Å². The molecule has 2 aromatic rings. The lowest BCUT2D eigenvalue weighted by atomic mass is 10.0. The van der Waals surface area contributed by atoms with E-state index in [9.17, 15) is 14.7 Å². The van der Waals surface area contributed by atoms with Gasteiger partial charge >= 0.3 is 0 Å². The van der Waals surface area contributed by atoms with Crippen LogP contribution in [-0.4, -0.2) is 29.6 Å². The van der Waals surface area contributed by atoms with Crippen LogP contribution in [0.15, 0.2) is 42.5 Å². The third-order valence-corrected chi connectivity index (χ3v) is 4.48. The molecule has 1 atom stereocenters. The quantitative estimate of drug-likeness (QED) is 0.751. The number of carbonyl (C=O) groups excluding carboxylic acids is 2. The molecule has 0 bridgehead atoms. The minimum atomic E-state index is -0.317. The Labute approximate surface area is 147 Å². The number of anilines is 1. The van der Waals surface area contributed by atoms with Gasteiger partial charge in [-0.15, -0.1) is 0 Å². The molecule has 0 saturated heterocycles. The summed E-state index contributed by atoms with van der Waals surface area (Å²) in [5.74, 6) is -0.160. The number of rotatable bonds is 6. The summed E-state index contributed by atoms with van der Waals surface area (Å²) in [7, 11) is 0. The molecule has 5 heteroatoms. The second kappa shape index (κ2) is 7.49. The standard InChI is InChI=1S/C20H22N2O3/c1-13-4-2-3-5-15(13)10-17(12-23)21-19(24)9-14-6-7-16-11-20(25)22-18(16)8-14/h2-8,17,23H,9-12H2,1H3,(H,21,24)(H,22,25). The number of aryl methyl sites for hydroxylation is 1. The van der Waals surface area contributed by atoms with E-state index in [1.807, 2.05) is 49.4 Å². The van der Waals surface area contributed by atoms with Crippen LogP contribution in [0.25, 0.3) is 0 Å². The number of aliphatic hydroxyl groups excluding tert-OH is 1. The number of nitrogens with one attached hydrogen (secondary N) is 2. The van der Waals surface area contributed by atoms with E-state index in [0.29, 0.717) is 12.8 Å². The minimum absolute atomic E-state index is 0.0184. The molecule has 0 saturated carbocycles. The minimum Gasteiger partial charge on any atom is -0.394 e. The Kier molecular flexibility index (Phi) is 5.14. The molecule has 0 fully saturated rings. The molecule has 130 valence electrons. The summed E-state index contributed by atoms with van der Waals surface area (Å²) in [5, 5.41) is 15.3. The van der Waals surface area contributed by atoms with Crippen molar-refractivity contribution in [1.29, 1.82) is 0 Å². The van der Waals surface area contributed by atoms with Crippen LogP contribution in [-0.2, 0) is 28.9 Å². The maximum Gasteiger partial charge on any atom is 0.228 e. The van der Waals surface area contributed by atoms with Gasteiger partial charge < -0.3 is 15.7 Å². The molecule has 5 nitrogen and oxygen atoms in total. The first-order valence-electron chi connectivity index (χ1n) is 8.41. The normalized spacial score (nSPS) is 13.9. The molecule has 1 aliphatic heterocycles. The first kappa shape index (κ1) is 17.2. The topological polar surface area (TPSA) is 78.4 Å². The van der Waals surface area contributed by atoms with E-state index < -0.39 is 0 Å². The van der Waals surface area contributed by atoms with Gasteiger partial charge in [0.2, 0.25) is 11.8 Å². The van der Waals surface area contributed by atoms with Crippen LogP contribution in [0.5, 0.6) is 0 Å². The van der Waals surface area contributed by atoms with Gasteiger partial charge in [-0.05, 0) is 41.7 Å². The molecule has 0 radical (unpaired) electrons. The number of fused-ring (bicyclic) bond motifs is 1. The summed E-state index contributed by atoms with van der Waals surface area (Å²) in [4.78, 5) is 23.7. The van der Waals surface area contributed by atoms with E-state index in [2.05, 4.69) is 10.6 Å². The summed E-state index contributed by atoms with van der Waals surface area (Å²) >= 11 is 0. The van der Waals surface area contributed by atoms with Gasteiger partial charge in [0, 0.05) is 5.69 Å². The number of amides is 2. The number of carbonyl (C=O) groups is 2. The second-order valence-electron chi connectivity index (χ2n) is 6.47. The van der Waals surface area contributed by atoms with Crippen molar-refractivity contribution in [3.63, 3.8) is 0 Å². The average molecular weight is 338 g/mol. The molecule has 3 rings (SSSR count). The largest absolute Gasteiger partial charge is 0.394 e. The van der Waals surface area contributed by atoms with E-state index >= 15 is 0 Å². The lowest BCUT2D eigenvalue weighted by molar-refractivity contribution is -0.121. The van der Waals surface area contributed by atoms with Crippen LogP contribution in [0.3, 0.4) is 0 Å². The Morgan fingerprint density at radius 3 is 2.84 bits per heavy atom. The summed E-state index contributed by atoms with van der Waals surface area (Å²) in [5.41, 5.74) is 4.84. The van der Waals surface area contributed by atoms with Crippen molar-refractivity contribution in [2.45, 2.75) is 32.2 Å². The average Bonchev–Trinajstić information content (AvgIpc) is 2.95. The molecule has 3 N–H and O–H groups in total. The van der Waals surface area contributed by atoms with Gasteiger partial charge in [0.15, 0.2) is 0 Å². The molecule has 0 aliphatic carbocycles. The van der Waals surface area contributed by atoms with Crippen molar-refractivity contribution in [2.24, 2.45) is 0 Å². The molecule has 0 spiro atoms. The fraction of sp³-hybridized carbons (Fsp3) is 0.300. The first-order chi connectivity index (χ1) is 12.0. The number of aliphatic hydroxyl groups is 1. The highest BCUT2D eigenvalue weighted by molar-refractivity contribution is 5.99. The van der Waals surface area contributed by atoms with Crippen molar-refractivity contribution in [3.8, 4) is 0 Å². The highest BCUT2D eigenvalue weighted by atomic mass is 16.3. The Bertz CT molecular complexity index is 801. The Balaban J connectivity index is 1.60. The van der Waals surface area contributed by atoms with E-state index in [-0.39, 0.29) is 30.9 Å². The summed E-state index contributed by atoms with van der Waals surface area (Å²) in [6.45, 7) is 1.91. The van der Waals surface area contributed by atoms with Crippen LogP contribution in [0.4, 0.5) is 5.69 Å². The number of hydrogen-bond donors (Lipinski definition) is 3. The second-order valence-corrected chi connectivity index (χ2v) is 6.47. The molecule has 1 unspecified atom stereocenters.